The highest BCUT2D eigenvalue weighted by molar-refractivity contribution is 6.28. The number of hydrogen-bond acceptors (Lipinski definition) is 2. The molecular formula is C7H8ClF2N3O. The fourth-order valence-corrected chi connectivity index (χ4v) is 0.915. The van der Waals surface area contributed by atoms with Gasteiger partial charge in [0.1, 0.15) is 12.4 Å². The van der Waals surface area contributed by atoms with Gasteiger partial charge in [-0.3, -0.25) is 9.48 Å². The summed E-state index contributed by atoms with van der Waals surface area (Å²) in [5, 5.41) is 6.02. The van der Waals surface area contributed by atoms with Gasteiger partial charge in [-0.25, -0.2) is 8.78 Å². The van der Waals surface area contributed by atoms with Crippen LogP contribution in [0.2, 0.25) is 0 Å². The highest BCUT2D eigenvalue weighted by Gasteiger charge is 2.07. The van der Waals surface area contributed by atoms with Crippen molar-refractivity contribution in [3.63, 3.8) is 0 Å². The van der Waals surface area contributed by atoms with Crippen LogP contribution in [0.25, 0.3) is 0 Å². The Morgan fingerprint density at radius 3 is 3.00 bits per heavy atom. The summed E-state index contributed by atoms with van der Waals surface area (Å²) in [7, 11) is 0. The van der Waals surface area contributed by atoms with Gasteiger partial charge in [-0.05, 0) is 0 Å². The molecule has 0 fully saturated rings. The van der Waals surface area contributed by atoms with Gasteiger partial charge in [0.2, 0.25) is 5.91 Å². The first-order valence-electron chi connectivity index (χ1n) is 3.79. The van der Waals surface area contributed by atoms with Gasteiger partial charge in [0.05, 0.1) is 0 Å². The minimum Gasteiger partial charge on any atom is -0.308 e. The molecular weight excluding hydrogens is 216 g/mol. The molecule has 7 heteroatoms. The number of alkyl halides is 3. The molecule has 0 aliphatic heterocycles. The zero-order valence-electron chi connectivity index (χ0n) is 7.08. The lowest BCUT2D eigenvalue weighted by atomic mass is 10.6. The minimum absolute atomic E-state index is 0.193. The average molecular weight is 224 g/mol. The lowest BCUT2D eigenvalue weighted by Gasteiger charge is -1.99. The maximum atomic E-state index is 11.9. The minimum atomic E-state index is -2.47. The first kappa shape index (κ1) is 10.9. The van der Waals surface area contributed by atoms with Crippen molar-refractivity contribution >= 4 is 23.3 Å². The molecule has 0 unspecified atom stereocenters. The highest BCUT2D eigenvalue weighted by Crippen LogP contribution is 2.04. The normalized spacial score (nSPS) is 10.6. The molecule has 4 nitrogen and oxygen atoms in total. The largest absolute Gasteiger partial charge is 0.308 e. The van der Waals surface area contributed by atoms with Crippen LogP contribution >= 0.6 is 11.6 Å². The Bertz CT molecular complexity index is 316. The quantitative estimate of drug-likeness (QED) is 0.783. The monoisotopic (exact) mass is 223 g/mol. The molecule has 0 aromatic carbocycles. The van der Waals surface area contributed by atoms with Gasteiger partial charge in [-0.2, -0.15) is 5.10 Å². The Hall–Kier alpha value is -1.17. The molecule has 0 aliphatic carbocycles. The lowest BCUT2D eigenvalue weighted by molar-refractivity contribution is -0.113. The predicted octanol–water partition coefficient (Wildman–Crippen LogP) is 1.33. The van der Waals surface area contributed by atoms with E-state index in [-0.39, 0.29) is 11.7 Å². The van der Waals surface area contributed by atoms with Crippen molar-refractivity contribution < 1.29 is 13.6 Å². The number of rotatable bonds is 4. The zero-order chi connectivity index (χ0) is 10.6. The summed E-state index contributed by atoms with van der Waals surface area (Å²) in [6, 6.07) is 1.42. The van der Waals surface area contributed by atoms with Gasteiger partial charge in [0.15, 0.2) is 5.82 Å². The van der Waals surface area contributed by atoms with E-state index in [4.69, 9.17) is 11.6 Å². The van der Waals surface area contributed by atoms with Crippen molar-refractivity contribution in [2.45, 2.75) is 13.0 Å². The van der Waals surface area contributed by atoms with Crippen molar-refractivity contribution in [1.82, 2.24) is 9.78 Å². The molecule has 78 valence electrons. The van der Waals surface area contributed by atoms with Crippen molar-refractivity contribution in [2.75, 3.05) is 11.2 Å². The second kappa shape index (κ2) is 4.90. The third-order valence-corrected chi connectivity index (χ3v) is 1.60. The Morgan fingerprint density at radius 1 is 1.71 bits per heavy atom. The van der Waals surface area contributed by atoms with Gasteiger partial charge < -0.3 is 5.32 Å². The van der Waals surface area contributed by atoms with Crippen LogP contribution in [0.1, 0.15) is 0 Å². The maximum Gasteiger partial charge on any atom is 0.257 e. The summed E-state index contributed by atoms with van der Waals surface area (Å²) >= 11 is 5.23. The summed E-state index contributed by atoms with van der Waals surface area (Å²) in [5.74, 6) is -0.396. The van der Waals surface area contributed by atoms with Crippen molar-refractivity contribution in [2.24, 2.45) is 0 Å². The standard InChI is InChI=1S/C7H8ClF2N3O/c8-3-7(14)11-6-1-2-13(12-6)4-5(9)10/h1-2,5H,3-4H2,(H,11,12,14). The van der Waals surface area contributed by atoms with E-state index in [0.29, 0.717) is 0 Å². The second-order valence-corrected chi connectivity index (χ2v) is 2.76. The van der Waals surface area contributed by atoms with Crippen LogP contribution in [-0.4, -0.2) is 28.0 Å². The molecule has 0 spiro atoms. The van der Waals surface area contributed by atoms with E-state index >= 15 is 0 Å². The molecule has 0 radical (unpaired) electrons. The highest BCUT2D eigenvalue weighted by atomic mass is 35.5. The van der Waals surface area contributed by atoms with Crippen LogP contribution in [0.4, 0.5) is 14.6 Å². The van der Waals surface area contributed by atoms with Crippen LogP contribution in [0, 0.1) is 0 Å². The number of carbonyl (C=O) groups excluding carboxylic acids is 1. The number of nitrogens with one attached hydrogen (secondary N) is 1. The van der Waals surface area contributed by atoms with Crippen LogP contribution in [0.15, 0.2) is 12.3 Å². The number of nitrogens with zero attached hydrogens (tertiary/aromatic N) is 2. The van der Waals surface area contributed by atoms with Crippen molar-refractivity contribution in [3.8, 4) is 0 Å². The van der Waals surface area contributed by atoms with E-state index in [0.717, 1.165) is 4.68 Å². The molecule has 14 heavy (non-hydrogen) atoms. The average Bonchev–Trinajstić information content (AvgIpc) is 2.51. The molecule has 0 bridgehead atoms. The van der Waals surface area contributed by atoms with E-state index in [9.17, 15) is 13.6 Å². The lowest BCUT2D eigenvalue weighted by Crippen LogP contribution is -2.14. The summed E-state index contributed by atoms with van der Waals surface area (Å²) in [6.45, 7) is -0.489. The molecule has 1 aromatic rings. The van der Waals surface area contributed by atoms with Crippen LogP contribution in [-0.2, 0) is 11.3 Å². The number of amides is 1. The topological polar surface area (TPSA) is 46.9 Å². The Morgan fingerprint density at radius 2 is 2.43 bits per heavy atom. The summed E-state index contributed by atoms with van der Waals surface area (Å²) < 4.78 is 24.8. The molecule has 1 N–H and O–H groups in total. The summed E-state index contributed by atoms with van der Waals surface area (Å²) in [4.78, 5) is 10.8. The van der Waals surface area contributed by atoms with Crippen molar-refractivity contribution in [3.05, 3.63) is 12.3 Å². The van der Waals surface area contributed by atoms with Gasteiger partial charge in [-0.1, -0.05) is 0 Å². The fourth-order valence-electron chi connectivity index (χ4n) is 0.848. The summed E-state index contributed by atoms with van der Waals surface area (Å²) in [5.41, 5.74) is 0. The third kappa shape index (κ3) is 3.29. The number of aromatic nitrogens is 2. The van der Waals surface area contributed by atoms with E-state index in [1.165, 1.54) is 12.3 Å². The number of halogens is 3. The first-order chi connectivity index (χ1) is 6.61. The Balaban J connectivity index is 2.55. The number of carbonyl (C=O) groups is 1. The van der Waals surface area contributed by atoms with Crippen LogP contribution < -0.4 is 5.32 Å². The smallest absolute Gasteiger partial charge is 0.257 e. The molecule has 0 atom stereocenters. The third-order valence-electron chi connectivity index (χ3n) is 1.35. The molecule has 0 saturated heterocycles. The maximum absolute atomic E-state index is 11.9. The number of anilines is 1. The molecule has 0 aliphatic rings. The van der Waals surface area contributed by atoms with E-state index in [1.54, 1.807) is 0 Å². The molecule has 1 rings (SSSR count). The zero-order valence-corrected chi connectivity index (χ0v) is 7.84. The number of hydrogen-bond donors (Lipinski definition) is 1. The summed E-state index contributed by atoms with van der Waals surface area (Å²) in [6.07, 6.45) is -1.11. The molecule has 1 heterocycles. The molecule has 1 aromatic heterocycles. The van der Waals surface area contributed by atoms with Gasteiger partial charge in [-0.15, -0.1) is 11.6 Å². The van der Waals surface area contributed by atoms with E-state index < -0.39 is 18.9 Å². The van der Waals surface area contributed by atoms with E-state index in [2.05, 4.69) is 10.4 Å². The Labute approximate surface area is 83.8 Å². The SMILES string of the molecule is O=C(CCl)Nc1ccn(CC(F)F)n1. The molecule has 1 amide bonds. The van der Waals surface area contributed by atoms with E-state index in [1.807, 2.05) is 0 Å². The predicted molar refractivity (Wildman–Crippen MR) is 47.6 cm³/mol. The molecule has 0 saturated carbocycles. The van der Waals surface area contributed by atoms with Crippen LogP contribution in [0.3, 0.4) is 0 Å². The van der Waals surface area contributed by atoms with Gasteiger partial charge >= 0.3 is 0 Å². The first-order valence-corrected chi connectivity index (χ1v) is 4.32. The van der Waals surface area contributed by atoms with Crippen molar-refractivity contribution in [1.29, 1.82) is 0 Å². The Kier molecular flexibility index (Phi) is 3.82. The fraction of sp³-hybridized carbons (Fsp3) is 0.429. The van der Waals surface area contributed by atoms with Gasteiger partial charge in [0, 0.05) is 12.3 Å². The second-order valence-electron chi connectivity index (χ2n) is 2.50. The van der Waals surface area contributed by atoms with Crippen LogP contribution in [0.5, 0.6) is 0 Å². The van der Waals surface area contributed by atoms with Gasteiger partial charge in [0.25, 0.3) is 6.43 Å².